The molecule has 0 aromatic heterocycles. The van der Waals surface area contributed by atoms with E-state index < -0.39 is 81.1 Å². The van der Waals surface area contributed by atoms with E-state index in [-0.39, 0.29) is 12.8 Å². The fraction of sp³-hybridized carbons (Fsp3) is 0.435. The lowest BCUT2D eigenvalue weighted by atomic mass is 9.73. The molecule has 2 aromatic carbocycles. The van der Waals surface area contributed by atoms with Crippen LogP contribution in [-0.2, 0) is 32.0 Å². The number of carbonyl (C=O) groups is 1. The third-order valence-corrected chi connectivity index (χ3v) is 10.3. The summed E-state index contributed by atoms with van der Waals surface area (Å²) >= 11 is 0. The van der Waals surface area contributed by atoms with Crippen molar-refractivity contribution in [2.45, 2.75) is 59.6 Å². The average molecular weight is 572 g/mol. The van der Waals surface area contributed by atoms with Gasteiger partial charge in [-0.25, -0.2) is 16.8 Å². The van der Waals surface area contributed by atoms with Crippen LogP contribution in [0.15, 0.2) is 52.3 Å². The minimum Gasteiger partial charge on any atom is -0.349 e. The molecule has 0 spiro atoms. The predicted octanol–water partition coefficient (Wildman–Crippen LogP) is 4.89. The first-order chi connectivity index (χ1) is 16.7. The molecule has 204 valence electrons. The quantitative estimate of drug-likeness (QED) is 0.498. The van der Waals surface area contributed by atoms with Gasteiger partial charge in [0.25, 0.3) is 5.91 Å². The monoisotopic (exact) mass is 571 g/mol. The Morgan fingerprint density at radius 3 is 1.92 bits per heavy atom. The van der Waals surface area contributed by atoms with Gasteiger partial charge in [-0.05, 0) is 69.0 Å². The third-order valence-electron chi connectivity index (χ3n) is 6.57. The van der Waals surface area contributed by atoms with Crippen molar-refractivity contribution < 1.29 is 48.0 Å². The Labute approximate surface area is 209 Å². The first kappa shape index (κ1) is 29.0. The van der Waals surface area contributed by atoms with Gasteiger partial charge in [0, 0.05) is 12.3 Å². The van der Waals surface area contributed by atoms with Crippen LogP contribution in [0.5, 0.6) is 0 Å². The van der Waals surface area contributed by atoms with Crippen LogP contribution in [0.3, 0.4) is 0 Å². The average Bonchev–Trinajstić information content (AvgIpc) is 2.73. The van der Waals surface area contributed by atoms with Gasteiger partial charge in [-0.3, -0.25) is 4.79 Å². The second kappa shape index (κ2) is 9.29. The molecule has 3 rings (SSSR count). The molecular formula is C23H23F6NO5S2. The lowest BCUT2D eigenvalue weighted by Gasteiger charge is -2.45. The molecule has 1 amide bonds. The summed E-state index contributed by atoms with van der Waals surface area (Å²) in [6.07, 6.45) is -8.69. The summed E-state index contributed by atoms with van der Waals surface area (Å²) in [5.74, 6) is -1.52. The SMILES string of the molecule is CC(C)(C1CC(NC(=O)c2ccc(C(F)(F)F)cc2S(C)(=O)=O)C1)S(=O)(=O)c1cccc(C(F)(F)F)c1. The lowest BCUT2D eigenvalue weighted by Crippen LogP contribution is -2.53. The smallest absolute Gasteiger partial charge is 0.349 e. The van der Waals surface area contributed by atoms with Crippen LogP contribution in [-0.4, -0.2) is 39.8 Å². The molecule has 14 heteroatoms. The number of sulfone groups is 2. The van der Waals surface area contributed by atoms with E-state index in [1.165, 1.54) is 13.8 Å². The topological polar surface area (TPSA) is 97.4 Å². The van der Waals surface area contributed by atoms with E-state index in [4.69, 9.17) is 0 Å². The van der Waals surface area contributed by atoms with Crippen molar-refractivity contribution in [3.8, 4) is 0 Å². The molecule has 0 atom stereocenters. The van der Waals surface area contributed by atoms with Crippen LogP contribution < -0.4 is 5.32 Å². The minimum absolute atomic E-state index is 0.103. The van der Waals surface area contributed by atoms with E-state index in [1.54, 1.807) is 0 Å². The Kier molecular flexibility index (Phi) is 7.27. The fourth-order valence-electron chi connectivity index (χ4n) is 4.12. The summed E-state index contributed by atoms with van der Waals surface area (Å²) in [7, 11) is -8.43. The Balaban J connectivity index is 1.77. The highest BCUT2D eigenvalue weighted by molar-refractivity contribution is 7.92. The molecule has 0 unspecified atom stereocenters. The molecule has 0 saturated heterocycles. The Bertz CT molecular complexity index is 1420. The Morgan fingerprint density at radius 2 is 1.41 bits per heavy atom. The molecule has 2 aromatic rings. The summed E-state index contributed by atoms with van der Waals surface area (Å²) in [5, 5.41) is 2.50. The van der Waals surface area contributed by atoms with Crippen molar-refractivity contribution in [2.75, 3.05) is 6.26 Å². The number of alkyl halides is 6. The Morgan fingerprint density at radius 1 is 0.865 bits per heavy atom. The number of rotatable bonds is 6. The second-order valence-electron chi connectivity index (χ2n) is 9.45. The highest BCUT2D eigenvalue weighted by Gasteiger charge is 2.49. The van der Waals surface area contributed by atoms with Gasteiger partial charge in [0.15, 0.2) is 19.7 Å². The maximum Gasteiger partial charge on any atom is 0.416 e. The van der Waals surface area contributed by atoms with Gasteiger partial charge in [-0.1, -0.05) is 6.07 Å². The normalized spacial score (nSPS) is 19.3. The number of benzene rings is 2. The molecular weight excluding hydrogens is 548 g/mol. The van der Waals surface area contributed by atoms with Crippen molar-refractivity contribution in [2.24, 2.45) is 5.92 Å². The van der Waals surface area contributed by atoms with Crippen molar-refractivity contribution >= 4 is 25.6 Å². The first-order valence-corrected chi connectivity index (χ1v) is 14.2. The standard InChI is InChI=1S/C23H23F6NO5S2/c1-21(2,37(34,35)17-6-4-5-13(11-17)22(24,25)26)15-9-16(10-15)30-20(31)18-8-7-14(23(27,28)29)12-19(18)36(3,32)33/h4-8,11-12,15-16H,9-10H2,1-3H3,(H,30,31). The van der Waals surface area contributed by atoms with Gasteiger partial charge in [0.1, 0.15) is 0 Å². The van der Waals surface area contributed by atoms with E-state index in [0.29, 0.717) is 24.5 Å². The zero-order valence-electron chi connectivity index (χ0n) is 19.7. The number of hydrogen-bond acceptors (Lipinski definition) is 5. The molecule has 1 fully saturated rings. The van der Waals surface area contributed by atoms with Crippen molar-refractivity contribution in [1.82, 2.24) is 5.32 Å². The number of halogens is 6. The van der Waals surface area contributed by atoms with E-state index >= 15 is 0 Å². The highest BCUT2D eigenvalue weighted by Crippen LogP contribution is 2.44. The first-order valence-electron chi connectivity index (χ1n) is 10.8. The number of carbonyl (C=O) groups excluding carboxylic acids is 1. The third kappa shape index (κ3) is 5.79. The van der Waals surface area contributed by atoms with Crippen LogP contribution in [0.25, 0.3) is 0 Å². The molecule has 1 N–H and O–H groups in total. The highest BCUT2D eigenvalue weighted by atomic mass is 32.2. The number of nitrogens with one attached hydrogen (secondary N) is 1. The zero-order chi connectivity index (χ0) is 28.2. The molecule has 0 radical (unpaired) electrons. The molecule has 6 nitrogen and oxygen atoms in total. The number of amides is 1. The lowest BCUT2D eigenvalue weighted by molar-refractivity contribution is -0.138. The summed E-state index contributed by atoms with van der Waals surface area (Å²) < 4.78 is 127. The van der Waals surface area contributed by atoms with Crippen LogP contribution in [0.1, 0.15) is 48.2 Å². The van der Waals surface area contributed by atoms with E-state index in [0.717, 1.165) is 24.3 Å². The minimum atomic E-state index is -4.83. The van der Waals surface area contributed by atoms with Crippen molar-refractivity contribution in [3.05, 3.63) is 59.2 Å². The molecule has 1 saturated carbocycles. The molecule has 1 aliphatic carbocycles. The maximum absolute atomic E-state index is 13.2. The van der Waals surface area contributed by atoms with Gasteiger partial charge in [-0.15, -0.1) is 0 Å². The molecule has 0 heterocycles. The molecule has 0 aliphatic heterocycles. The summed E-state index contributed by atoms with van der Waals surface area (Å²) in [6.45, 7) is 2.73. The second-order valence-corrected chi connectivity index (χ2v) is 14.0. The van der Waals surface area contributed by atoms with E-state index in [9.17, 15) is 48.0 Å². The molecule has 0 bridgehead atoms. The van der Waals surface area contributed by atoms with Crippen LogP contribution in [0, 0.1) is 5.92 Å². The van der Waals surface area contributed by atoms with Gasteiger partial charge in [-0.2, -0.15) is 26.3 Å². The fourth-order valence-corrected chi connectivity index (χ4v) is 6.80. The van der Waals surface area contributed by atoms with Crippen molar-refractivity contribution in [3.63, 3.8) is 0 Å². The summed E-state index contributed by atoms with van der Waals surface area (Å²) in [5.41, 5.74) is -2.84. The number of hydrogen-bond donors (Lipinski definition) is 1. The van der Waals surface area contributed by atoms with E-state index in [2.05, 4.69) is 5.32 Å². The van der Waals surface area contributed by atoms with Gasteiger partial charge in [0.2, 0.25) is 0 Å². The van der Waals surface area contributed by atoms with Crippen LogP contribution in [0.4, 0.5) is 26.3 Å². The van der Waals surface area contributed by atoms with Crippen molar-refractivity contribution in [1.29, 1.82) is 0 Å². The van der Waals surface area contributed by atoms with Crippen LogP contribution in [0.2, 0.25) is 0 Å². The Hall–Kier alpha value is -2.61. The predicted molar refractivity (Wildman–Crippen MR) is 121 cm³/mol. The maximum atomic E-state index is 13.2. The molecule has 1 aliphatic rings. The van der Waals surface area contributed by atoms with Crippen LogP contribution >= 0.6 is 0 Å². The van der Waals surface area contributed by atoms with Gasteiger partial charge in [0.05, 0.1) is 31.2 Å². The molecule has 37 heavy (non-hydrogen) atoms. The summed E-state index contributed by atoms with van der Waals surface area (Å²) in [4.78, 5) is 11.4. The van der Waals surface area contributed by atoms with Gasteiger partial charge >= 0.3 is 12.4 Å². The zero-order valence-corrected chi connectivity index (χ0v) is 21.4. The summed E-state index contributed by atoms with van der Waals surface area (Å²) in [6, 6.07) is 4.48. The van der Waals surface area contributed by atoms with E-state index in [1.807, 2.05) is 0 Å². The largest absolute Gasteiger partial charge is 0.416 e. The van der Waals surface area contributed by atoms with Gasteiger partial charge < -0.3 is 5.32 Å².